The molecule has 3 aliphatic carbocycles. The quantitative estimate of drug-likeness (QED) is 0.423. The number of hydrogen-bond donors (Lipinski definition) is 0. The van der Waals surface area contributed by atoms with Gasteiger partial charge in [0, 0.05) is 32.6 Å². The van der Waals surface area contributed by atoms with Gasteiger partial charge >= 0.3 is 11.9 Å². The lowest BCUT2D eigenvalue weighted by Gasteiger charge is -2.49. The fourth-order valence-electron chi connectivity index (χ4n) is 3.34. The molecule has 3 atom stereocenters. The molecule has 23 heavy (non-hydrogen) atoms. The second-order valence-electron chi connectivity index (χ2n) is 5.47. The molecule has 7 heteroatoms. The van der Waals surface area contributed by atoms with E-state index in [9.17, 15) is 14.4 Å². The first-order valence-electron chi connectivity index (χ1n) is 7.19. The van der Waals surface area contributed by atoms with Crippen molar-refractivity contribution in [3.05, 3.63) is 24.0 Å². The van der Waals surface area contributed by atoms with Crippen molar-refractivity contribution in [2.45, 2.75) is 19.1 Å². The summed E-state index contributed by atoms with van der Waals surface area (Å²) in [5.74, 6) is -4.11. The zero-order chi connectivity index (χ0) is 17.2. The molecule has 0 unspecified atom stereocenters. The monoisotopic (exact) mass is 324 g/mol. The highest BCUT2D eigenvalue weighted by Crippen LogP contribution is 2.50. The molecule has 1 fully saturated rings. The maximum absolute atomic E-state index is 12.7. The fraction of sp³-hybridized carbons (Fsp3) is 0.562. The topological polar surface area (TPSA) is 88.1 Å². The van der Waals surface area contributed by atoms with Crippen LogP contribution in [0, 0.1) is 17.8 Å². The average molecular weight is 324 g/mol. The van der Waals surface area contributed by atoms with E-state index in [0.29, 0.717) is 12.0 Å². The van der Waals surface area contributed by atoms with Crippen molar-refractivity contribution in [3.8, 4) is 0 Å². The standard InChI is InChI=1S/C16H20O7/c1-9(17)23-6-5-10-7-13-12(15(19)20-2)8-11(10)14(18)16(13,21-3)22-4/h5-6,8,10-11,13H,7H2,1-4H3/b6-5+/t10-,11-,13-/m0/s1. The summed E-state index contributed by atoms with van der Waals surface area (Å²) in [7, 11) is 4.04. The third-order valence-electron chi connectivity index (χ3n) is 4.40. The first-order valence-corrected chi connectivity index (χ1v) is 7.19. The molecule has 3 rings (SSSR count). The van der Waals surface area contributed by atoms with E-state index in [4.69, 9.17) is 18.9 Å². The van der Waals surface area contributed by atoms with Crippen molar-refractivity contribution in [1.82, 2.24) is 0 Å². The van der Waals surface area contributed by atoms with E-state index >= 15 is 0 Å². The largest absolute Gasteiger partial charge is 0.466 e. The van der Waals surface area contributed by atoms with Gasteiger partial charge in [0.25, 0.3) is 0 Å². The molecule has 7 nitrogen and oxygen atoms in total. The fourth-order valence-corrected chi connectivity index (χ4v) is 3.34. The number of esters is 2. The van der Waals surface area contributed by atoms with Crippen molar-refractivity contribution in [1.29, 1.82) is 0 Å². The Balaban J connectivity index is 2.38. The van der Waals surface area contributed by atoms with Gasteiger partial charge in [0.1, 0.15) is 0 Å². The first-order chi connectivity index (χ1) is 10.9. The minimum Gasteiger partial charge on any atom is -0.466 e. The molecule has 0 heterocycles. The van der Waals surface area contributed by atoms with Gasteiger partial charge in [0.05, 0.1) is 19.3 Å². The van der Waals surface area contributed by atoms with Gasteiger partial charge in [-0.3, -0.25) is 9.59 Å². The van der Waals surface area contributed by atoms with Crippen LogP contribution in [0.5, 0.6) is 0 Å². The predicted molar refractivity (Wildman–Crippen MR) is 77.8 cm³/mol. The zero-order valence-electron chi connectivity index (χ0n) is 13.5. The number of hydrogen-bond acceptors (Lipinski definition) is 7. The maximum Gasteiger partial charge on any atom is 0.333 e. The van der Waals surface area contributed by atoms with Gasteiger partial charge < -0.3 is 18.9 Å². The lowest BCUT2D eigenvalue weighted by atomic mass is 9.61. The first kappa shape index (κ1) is 17.4. The summed E-state index contributed by atoms with van der Waals surface area (Å²) >= 11 is 0. The van der Waals surface area contributed by atoms with E-state index in [2.05, 4.69) is 0 Å². The summed E-state index contributed by atoms with van der Waals surface area (Å²) in [6.07, 6.45) is 4.96. The Morgan fingerprint density at radius 1 is 1.26 bits per heavy atom. The van der Waals surface area contributed by atoms with Gasteiger partial charge in [-0.05, 0) is 18.4 Å². The summed E-state index contributed by atoms with van der Waals surface area (Å²) in [6, 6.07) is 0. The van der Waals surface area contributed by atoms with Crippen LogP contribution in [0.25, 0.3) is 0 Å². The number of ether oxygens (including phenoxy) is 4. The SMILES string of the molecule is COC(=O)C1=C[C@@H]2C(=O)C(OC)(OC)[C@H]1C[C@@H]2/C=C/OC(C)=O. The number of Topliss-reactive ketones (excluding diaryl/α,β-unsaturated/α-hetero) is 1. The van der Waals surface area contributed by atoms with Gasteiger partial charge in [-0.1, -0.05) is 6.08 Å². The number of methoxy groups -OCH3 is 3. The lowest BCUT2D eigenvalue weighted by molar-refractivity contribution is -0.241. The summed E-state index contributed by atoms with van der Waals surface area (Å²) in [5, 5.41) is 0. The minimum atomic E-state index is -1.49. The second-order valence-corrected chi connectivity index (χ2v) is 5.47. The smallest absolute Gasteiger partial charge is 0.333 e. The van der Waals surface area contributed by atoms with Crippen molar-refractivity contribution < 1.29 is 33.3 Å². The molecule has 0 radical (unpaired) electrons. The summed E-state index contributed by atoms with van der Waals surface area (Å²) in [5.41, 5.74) is 0.373. The Hall–Kier alpha value is -1.99. The molecule has 2 bridgehead atoms. The Kier molecular flexibility index (Phi) is 5.01. The highest BCUT2D eigenvalue weighted by molar-refractivity contribution is 6.00. The molecular formula is C16H20O7. The number of ketones is 1. The van der Waals surface area contributed by atoms with E-state index in [1.807, 2.05) is 0 Å². The van der Waals surface area contributed by atoms with Crippen LogP contribution in [0.15, 0.2) is 24.0 Å². The van der Waals surface area contributed by atoms with Gasteiger partial charge in [0.2, 0.25) is 5.79 Å². The summed E-state index contributed by atoms with van der Waals surface area (Å²) < 4.78 is 20.3. The molecular weight excluding hydrogens is 304 g/mol. The van der Waals surface area contributed by atoms with Gasteiger partial charge in [0.15, 0.2) is 5.78 Å². The third kappa shape index (κ3) is 2.82. The Labute approximate surface area is 134 Å². The van der Waals surface area contributed by atoms with Crippen LogP contribution in [0.4, 0.5) is 0 Å². The average Bonchev–Trinajstić information content (AvgIpc) is 2.55. The van der Waals surface area contributed by atoms with Crippen LogP contribution in [-0.4, -0.2) is 44.8 Å². The van der Waals surface area contributed by atoms with E-state index in [0.717, 1.165) is 0 Å². The normalized spacial score (nSPS) is 28.6. The Bertz CT molecular complexity index is 571. The van der Waals surface area contributed by atoms with Crippen LogP contribution in [-0.2, 0) is 33.3 Å². The number of allylic oxidation sites excluding steroid dienone is 2. The number of rotatable bonds is 5. The van der Waals surface area contributed by atoms with E-state index in [1.54, 1.807) is 12.2 Å². The molecule has 0 amide bonds. The number of carbonyl (C=O) groups excluding carboxylic acids is 3. The van der Waals surface area contributed by atoms with Gasteiger partial charge in [-0.15, -0.1) is 0 Å². The molecule has 0 aromatic rings. The second kappa shape index (κ2) is 6.64. The maximum atomic E-state index is 12.7. The number of fused-ring (bicyclic) bond motifs is 2. The highest BCUT2D eigenvalue weighted by Gasteiger charge is 2.60. The van der Waals surface area contributed by atoms with E-state index < -0.39 is 29.6 Å². The van der Waals surface area contributed by atoms with Crippen LogP contribution < -0.4 is 0 Å². The van der Waals surface area contributed by atoms with E-state index in [-0.39, 0.29) is 11.7 Å². The van der Waals surface area contributed by atoms with Crippen LogP contribution >= 0.6 is 0 Å². The van der Waals surface area contributed by atoms with E-state index in [1.165, 1.54) is 34.5 Å². The molecule has 0 aliphatic heterocycles. The van der Waals surface area contributed by atoms with Gasteiger partial charge in [-0.2, -0.15) is 0 Å². The third-order valence-corrected chi connectivity index (χ3v) is 4.40. The minimum absolute atomic E-state index is 0.210. The van der Waals surface area contributed by atoms with Crippen LogP contribution in [0.1, 0.15) is 13.3 Å². The Morgan fingerprint density at radius 2 is 1.91 bits per heavy atom. The van der Waals surface area contributed by atoms with Crippen molar-refractivity contribution >= 4 is 17.7 Å². The Morgan fingerprint density at radius 3 is 2.43 bits per heavy atom. The highest BCUT2D eigenvalue weighted by atomic mass is 16.7. The predicted octanol–water partition coefficient (Wildman–Crippen LogP) is 0.987. The molecule has 0 N–H and O–H groups in total. The van der Waals surface area contributed by atoms with Crippen LogP contribution in [0.2, 0.25) is 0 Å². The molecule has 126 valence electrons. The van der Waals surface area contributed by atoms with Crippen LogP contribution in [0.3, 0.4) is 0 Å². The van der Waals surface area contributed by atoms with Gasteiger partial charge in [-0.25, -0.2) is 4.79 Å². The van der Waals surface area contributed by atoms with Crippen molar-refractivity contribution in [3.63, 3.8) is 0 Å². The lowest BCUT2D eigenvalue weighted by Crippen LogP contribution is -2.61. The summed E-state index contributed by atoms with van der Waals surface area (Å²) in [6.45, 7) is 1.29. The molecule has 0 spiro atoms. The molecule has 0 aromatic heterocycles. The molecule has 0 aromatic carbocycles. The summed E-state index contributed by atoms with van der Waals surface area (Å²) in [4.78, 5) is 35.6. The zero-order valence-corrected chi connectivity index (χ0v) is 13.5. The molecule has 0 saturated heterocycles. The van der Waals surface area contributed by atoms with Crippen molar-refractivity contribution in [2.24, 2.45) is 17.8 Å². The van der Waals surface area contributed by atoms with Crippen molar-refractivity contribution in [2.75, 3.05) is 21.3 Å². The number of carbonyl (C=O) groups is 3. The molecule has 1 saturated carbocycles. The molecule has 3 aliphatic rings.